The van der Waals surface area contributed by atoms with Gasteiger partial charge >= 0.3 is 5.97 Å². The minimum atomic E-state index is -0.767. The monoisotopic (exact) mass is 320 g/mol. The molecule has 1 N–H and O–H groups in total. The smallest absolute Gasteiger partial charge is 0.315 e. The number of nitrogens with zero attached hydrogens (tertiary/aromatic N) is 2. The summed E-state index contributed by atoms with van der Waals surface area (Å²) in [5.41, 5.74) is 0.809. The molecule has 1 aliphatic rings. The van der Waals surface area contributed by atoms with Crippen LogP contribution in [0.15, 0.2) is 41.0 Å². The summed E-state index contributed by atoms with van der Waals surface area (Å²) in [5.74, 6) is -0.766. The summed E-state index contributed by atoms with van der Waals surface area (Å²) in [6.07, 6.45) is 4.13. The van der Waals surface area contributed by atoms with Crippen LogP contribution in [-0.4, -0.2) is 20.9 Å². The molecule has 0 saturated heterocycles. The topological polar surface area (TPSA) is 55.1 Å². The van der Waals surface area contributed by atoms with Gasteiger partial charge in [0.25, 0.3) is 0 Å². The molecule has 4 nitrogen and oxygen atoms in total. The summed E-state index contributed by atoms with van der Waals surface area (Å²) in [6.45, 7) is 0. The van der Waals surface area contributed by atoms with Crippen LogP contribution < -0.4 is 0 Å². The lowest BCUT2D eigenvalue weighted by Crippen LogP contribution is -2.42. The minimum absolute atomic E-state index is 0.659. The first-order valence-electron chi connectivity index (χ1n) is 6.17. The first kappa shape index (κ1) is 12.4. The highest BCUT2D eigenvalue weighted by Gasteiger charge is 2.47. The zero-order valence-electron chi connectivity index (χ0n) is 10.2. The van der Waals surface area contributed by atoms with Crippen LogP contribution in [0.1, 0.15) is 25.0 Å². The molecular weight excluding hydrogens is 308 g/mol. The van der Waals surface area contributed by atoms with Gasteiger partial charge < -0.3 is 5.11 Å². The van der Waals surface area contributed by atoms with Gasteiger partial charge in [0.05, 0.1) is 11.4 Å². The quantitative estimate of drug-likeness (QED) is 0.945. The Kier molecular flexibility index (Phi) is 2.93. The lowest BCUT2D eigenvalue weighted by Gasteiger charge is -2.35. The van der Waals surface area contributed by atoms with Gasteiger partial charge in [-0.3, -0.25) is 4.79 Å². The third-order valence-corrected chi connectivity index (χ3v) is 4.26. The van der Waals surface area contributed by atoms with Crippen molar-refractivity contribution in [3.63, 3.8) is 0 Å². The summed E-state index contributed by atoms with van der Waals surface area (Å²) in [6, 6.07) is 9.57. The molecular formula is C14H13BrN2O2. The Labute approximate surface area is 119 Å². The van der Waals surface area contributed by atoms with Crippen LogP contribution >= 0.6 is 15.9 Å². The average molecular weight is 321 g/mol. The van der Waals surface area contributed by atoms with Crippen molar-refractivity contribution in [3.8, 4) is 5.69 Å². The maximum Gasteiger partial charge on any atom is 0.315 e. The van der Waals surface area contributed by atoms with Crippen LogP contribution in [0.3, 0.4) is 0 Å². The molecule has 1 fully saturated rings. The Morgan fingerprint density at radius 3 is 2.74 bits per heavy atom. The Hall–Kier alpha value is -1.62. The predicted octanol–water partition coefficient (Wildman–Crippen LogP) is 3.14. The van der Waals surface area contributed by atoms with E-state index in [0.29, 0.717) is 18.5 Å². The number of benzene rings is 1. The Morgan fingerprint density at radius 2 is 2.16 bits per heavy atom. The Morgan fingerprint density at radius 1 is 1.37 bits per heavy atom. The van der Waals surface area contributed by atoms with Crippen molar-refractivity contribution in [3.05, 3.63) is 46.7 Å². The molecule has 0 aliphatic heterocycles. The molecule has 3 rings (SSSR count). The highest BCUT2D eigenvalue weighted by molar-refractivity contribution is 9.10. The first-order chi connectivity index (χ1) is 9.12. The fourth-order valence-electron chi connectivity index (χ4n) is 2.45. The summed E-state index contributed by atoms with van der Waals surface area (Å²) < 4.78 is 2.70. The highest BCUT2D eigenvalue weighted by atomic mass is 79.9. The number of rotatable bonds is 3. The summed E-state index contributed by atoms with van der Waals surface area (Å²) >= 11 is 3.42. The second kappa shape index (κ2) is 4.49. The summed E-state index contributed by atoms with van der Waals surface area (Å²) in [7, 11) is 0. The second-order valence-electron chi connectivity index (χ2n) is 4.87. The minimum Gasteiger partial charge on any atom is -0.481 e. The van der Waals surface area contributed by atoms with Gasteiger partial charge in [-0.15, -0.1) is 0 Å². The van der Waals surface area contributed by atoms with Crippen molar-refractivity contribution >= 4 is 21.9 Å². The average Bonchev–Trinajstić information content (AvgIpc) is 2.76. The number of aromatic nitrogens is 2. The number of carboxylic acids is 1. The van der Waals surface area contributed by atoms with E-state index in [9.17, 15) is 9.90 Å². The van der Waals surface area contributed by atoms with Crippen LogP contribution in [0, 0.1) is 0 Å². The number of carbonyl (C=O) groups is 1. The van der Waals surface area contributed by atoms with E-state index in [4.69, 9.17) is 0 Å². The molecule has 0 atom stereocenters. The number of hydrogen-bond acceptors (Lipinski definition) is 2. The normalized spacial score (nSPS) is 16.9. The Balaban J connectivity index is 1.98. The van der Waals surface area contributed by atoms with Crippen LogP contribution in [0.4, 0.5) is 0 Å². The predicted molar refractivity (Wildman–Crippen MR) is 74.4 cm³/mol. The van der Waals surface area contributed by atoms with Gasteiger partial charge in [-0.1, -0.05) is 28.4 Å². The van der Waals surface area contributed by atoms with Gasteiger partial charge in [0.1, 0.15) is 5.41 Å². The van der Waals surface area contributed by atoms with Gasteiger partial charge in [-0.25, -0.2) is 4.68 Å². The number of aliphatic carboxylic acids is 1. The molecule has 1 heterocycles. The van der Waals surface area contributed by atoms with E-state index >= 15 is 0 Å². The van der Waals surface area contributed by atoms with E-state index in [0.717, 1.165) is 16.6 Å². The maximum absolute atomic E-state index is 11.4. The summed E-state index contributed by atoms with van der Waals surface area (Å²) in [5, 5.41) is 13.9. The van der Waals surface area contributed by atoms with Crippen molar-refractivity contribution in [2.75, 3.05) is 0 Å². The molecule has 1 saturated carbocycles. The van der Waals surface area contributed by atoms with Gasteiger partial charge in [-0.05, 0) is 37.1 Å². The molecule has 1 aromatic carbocycles. The van der Waals surface area contributed by atoms with Gasteiger partial charge in [-0.2, -0.15) is 5.10 Å². The van der Waals surface area contributed by atoms with Crippen LogP contribution in [-0.2, 0) is 10.2 Å². The molecule has 0 spiro atoms. The second-order valence-corrected chi connectivity index (χ2v) is 5.78. The first-order valence-corrected chi connectivity index (χ1v) is 6.97. The number of halogens is 1. The van der Waals surface area contributed by atoms with Crippen molar-refractivity contribution in [2.45, 2.75) is 24.7 Å². The van der Waals surface area contributed by atoms with Crippen molar-refractivity contribution < 1.29 is 9.90 Å². The van der Waals surface area contributed by atoms with E-state index in [1.165, 1.54) is 0 Å². The lowest BCUT2D eigenvalue weighted by molar-refractivity contribution is -0.147. The van der Waals surface area contributed by atoms with Crippen LogP contribution in [0.2, 0.25) is 0 Å². The standard InChI is InChI=1S/C14H13BrN2O2/c15-10-3-1-4-11(9-10)17-8-5-12(16-17)14(13(18)19)6-2-7-14/h1,3-5,8-9H,2,6-7H2,(H,18,19). The third kappa shape index (κ3) is 1.98. The molecule has 5 heteroatoms. The largest absolute Gasteiger partial charge is 0.481 e. The molecule has 2 aromatic rings. The molecule has 1 aliphatic carbocycles. The van der Waals surface area contributed by atoms with E-state index < -0.39 is 11.4 Å². The molecule has 0 unspecified atom stereocenters. The number of hydrogen-bond donors (Lipinski definition) is 1. The van der Waals surface area contributed by atoms with E-state index in [1.807, 2.05) is 36.5 Å². The van der Waals surface area contributed by atoms with Gasteiger partial charge in [0.2, 0.25) is 0 Å². The number of carboxylic acid groups (broad SMARTS) is 1. The Bertz CT molecular complexity index is 632. The van der Waals surface area contributed by atoms with Crippen molar-refractivity contribution in [2.24, 2.45) is 0 Å². The third-order valence-electron chi connectivity index (χ3n) is 3.77. The molecule has 98 valence electrons. The molecule has 0 radical (unpaired) electrons. The zero-order chi connectivity index (χ0) is 13.5. The van der Waals surface area contributed by atoms with E-state index in [2.05, 4.69) is 21.0 Å². The molecule has 1 aromatic heterocycles. The van der Waals surface area contributed by atoms with Crippen molar-refractivity contribution in [1.82, 2.24) is 9.78 Å². The van der Waals surface area contributed by atoms with E-state index in [1.54, 1.807) is 4.68 Å². The fraction of sp³-hybridized carbons (Fsp3) is 0.286. The SMILES string of the molecule is O=C(O)C1(c2ccn(-c3cccc(Br)c3)n2)CCC1. The molecule has 19 heavy (non-hydrogen) atoms. The molecule has 0 bridgehead atoms. The van der Waals surface area contributed by atoms with Gasteiger partial charge in [0.15, 0.2) is 0 Å². The van der Waals surface area contributed by atoms with Crippen LogP contribution in [0.25, 0.3) is 5.69 Å². The fourth-order valence-corrected chi connectivity index (χ4v) is 2.84. The molecule has 0 amide bonds. The maximum atomic E-state index is 11.4. The van der Waals surface area contributed by atoms with Gasteiger partial charge in [0, 0.05) is 10.7 Å². The highest BCUT2D eigenvalue weighted by Crippen LogP contribution is 2.43. The summed E-state index contributed by atoms with van der Waals surface area (Å²) in [4.78, 5) is 11.4. The van der Waals surface area contributed by atoms with Crippen LogP contribution in [0.5, 0.6) is 0 Å². The van der Waals surface area contributed by atoms with E-state index in [-0.39, 0.29) is 0 Å². The van der Waals surface area contributed by atoms with Crippen molar-refractivity contribution in [1.29, 1.82) is 0 Å². The zero-order valence-corrected chi connectivity index (χ0v) is 11.8. The lowest BCUT2D eigenvalue weighted by atomic mass is 9.67.